The third kappa shape index (κ3) is 2.80. The van der Waals surface area contributed by atoms with Crippen LogP contribution in [0.25, 0.3) is 0 Å². The van der Waals surface area contributed by atoms with Gasteiger partial charge in [-0.25, -0.2) is 0 Å². The summed E-state index contributed by atoms with van der Waals surface area (Å²) >= 11 is 0. The summed E-state index contributed by atoms with van der Waals surface area (Å²) < 4.78 is 1.93. The molecule has 1 aromatic rings. The van der Waals surface area contributed by atoms with Gasteiger partial charge in [0.15, 0.2) is 0 Å². The Morgan fingerprint density at radius 1 is 1.20 bits per heavy atom. The molecule has 2 rings (SSSR count). The number of aromatic nitrogens is 3. The first-order valence-corrected chi connectivity index (χ1v) is 5.52. The predicted octanol–water partition coefficient (Wildman–Crippen LogP) is 2.22. The molecule has 1 fully saturated rings. The van der Waals surface area contributed by atoms with E-state index in [0.29, 0.717) is 0 Å². The molecule has 0 saturated heterocycles. The van der Waals surface area contributed by atoms with Crippen LogP contribution in [-0.4, -0.2) is 15.0 Å². The molecule has 3 heteroatoms. The minimum atomic E-state index is 0.969. The van der Waals surface area contributed by atoms with Gasteiger partial charge in [0.1, 0.15) is 0 Å². The zero-order chi connectivity index (χ0) is 10.5. The molecule has 0 bridgehead atoms. The van der Waals surface area contributed by atoms with Gasteiger partial charge in [0, 0.05) is 18.7 Å². The molecule has 1 saturated carbocycles. The van der Waals surface area contributed by atoms with E-state index in [1.54, 1.807) is 0 Å². The number of unbranched alkanes of at least 4 members (excludes halogenated alkanes) is 2. The standard InChI is InChI=1S/C12H16N3/c1-2-3-6-9-15-10-12(13-14-15)11-7-4-5-8-11/h4-5,7-8,10H,2-3,6,9H2,1H3. The molecule has 79 valence electrons. The molecule has 0 aliphatic heterocycles. The van der Waals surface area contributed by atoms with Gasteiger partial charge in [0.05, 0.1) is 5.69 Å². The Hall–Kier alpha value is -0.860. The van der Waals surface area contributed by atoms with E-state index in [1.807, 2.05) is 23.7 Å². The highest BCUT2D eigenvalue weighted by atomic mass is 15.4. The summed E-state index contributed by atoms with van der Waals surface area (Å²) in [7, 11) is 0. The Kier molecular flexibility index (Phi) is 3.75. The van der Waals surface area contributed by atoms with E-state index in [0.717, 1.165) is 18.2 Å². The summed E-state index contributed by atoms with van der Waals surface area (Å²) in [5, 5.41) is 8.26. The molecule has 0 N–H and O–H groups in total. The van der Waals surface area contributed by atoms with Gasteiger partial charge < -0.3 is 0 Å². The number of hydrogen-bond acceptors (Lipinski definition) is 2. The lowest BCUT2D eigenvalue weighted by Gasteiger charge is -2.00. The van der Waals surface area contributed by atoms with Crippen LogP contribution in [0.5, 0.6) is 0 Å². The molecule has 1 heterocycles. The quantitative estimate of drug-likeness (QED) is 0.685. The van der Waals surface area contributed by atoms with E-state index >= 15 is 0 Å². The molecular formula is C12H16N3. The molecule has 3 nitrogen and oxygen atoms in total. The molecule has 0 spiro atoms. The van der Waals surface area contributed by atoms with Crippen molar-refractivity contribution in [1.82, 2.24) is 15.0 Å². The average molecular weight is 202 g/mol. The van der Waals surface area contributed by atoms with Crippen LogP contribution in [-0.2, 0) is 6.54 Å². The molecule has 1 aliphatic carbocycles. The lowest BCUT2D eigenvalue weighted by molar-refractivity contribution is 0.537. The zero-order valence-electron chi connectivity index (χ0n) is 9.06. The molecule has 15 heavy (non-hydrogen) atoms. The molecule has 0 amide bonds. The SMILES string of the molecule is CCCCCn1cc([C]2[CH][CH][CH][CH]2)nn1. The van der Waals surface area contributed by atoms with E-state index in [4.69, 9.17) is 0 Å². The monoisotopic (exact) mass is 202 g/mol. The summed E-state index contributed by atoms with van der Waals surface area (Å²) in [5.74, 6) is 1.15. The third-order valence-electron chi connectivity index (χ3n) is 2.49. The fourth-order valence-electron chi connectivity index (χ4n) is 1.61. The molecular weight excluding hydrogens is 186 g/mol. The highest BCUT2D eigenvalue weighted by Crippen LogP contribution is 2.28. The van der Waals surface area contributed by atoms with Crippen LogP contribution in [0.2, 0.25) is 0 Å². The second-order valence-electron chi connectivity index (χ2n) is 3.75. The van der Waals surface area contributed by atoms with Gasteiger partial charge >= 0.3 is 0 Å². The molecule has 1 aromatic heterocycles. The first kappa shape index (κ1) is 10.7. The Morgan fingerprint density at radius 3 is 2.73 bits per heavy atom. The van der Waals surface area contributed by atoms with Crippen molar-refractivity contribution in [3.63, 3.8) is 0 Å². The Balaban J connectivity index is 1.86. The Labute approximate surface area is 91.9 Å². The summed E-state index contributed by atoms with van der Waals surface area (Å²) in [4.78, 5) is 0. The van der Waals surface area contributed by atoms with Crippen LogP contribution in [0.15, 0.2) is 6.20 Å². The van der Waals surface area contributed by atoms with Crippen molar-refractivity contribution in [1.29, 1.82) is 0 Å². The van der Waals surface area contributed by atoms with Gasteiger partial charge in [0.25, 0.3) is 0 Å². The van der Waals surface area contributed by atoms with Gasteiger partial charge in [-0.05, 0) is 32.1 Å². The van der Waals surface area contributed by atoms with Crippen molar-refractivity contribution in [2.24, 2.45) is 0 Å². The minimum Gasteiger partial charge on any atom is -0.252 e. The van der Waals surface area contributed by atoms with Gasteiger partial charge in [-0.15, -0.1) is 5.10 Å². The first-order valence-electron chi connectivity index (χ1n) is 5.52. The van der Waals surface area contributed by atoms with Gasteiger partial charge in [-0.2, -0.15) is 0 Å². The maximum atomic E-state index is 4.15. The largest absolute Gasteiger partial charge is 0.252 e. The van der Waals surface area contributed by atoms with Gasteiger partial charge in [-0.1, -0.05) is 25.0 Å². The van der Waals surface area contributed by atoms with Crippen LogP contribution in [0.3, 0.4) is 0 Å². The van der Waals surface area contributed by atoms with Crippen molar-refractivity contribution >= 4 is 0 Å². The van der Waals surface area contributed by atoms with Crippen LogP contribution >= 0.6 is 0 Å². The highest BCUT2D eigenvalue weighted by molar-refractivity contribution is 5.45. The summed E-state index contributed by atoms with van der Waals surface area (Å²) in [6.07, 6.45) is 13.8. The van der Waals surface area contributed by atoms with Crippen molar-refractivity contribution in [3.05, 3.63) is 43.5 Å². The number of nitrogens with zero attached hydrogens (tertiary/aromatic N) is 3. The van der Waals surface area contributed by atoms with Crippen LogP contribution in [0.1, 0.15) is 31.9 Å². The Morgan fingerprint density at radius 2 is 2.00 bits per heavy atom. The second kappa shape index (κ2) is 5.29. The third-order valence-corrected chi connectivity index (χ3v) is 2.49. The van der Waals surface area contributed by atoms with E-state index in [-0.39, 0.29) is 0 Å². The normalized spacial score (nSPS) is 17.4. The lowest BCUT2D eigenvalue weighted by atomic mass is 10.1. The zero-order valence-corrected chi connectivity index (χ0v) is 9.06. The van der Waals surface area contributed by atoms with Gasteiger partial charge in [0.2, 0.25) is 0 Å². The van der Waals surface area contributed by atoms with Crippen LogP contribution < -0.4 is 0 Å². The lowest BCUT2D eigenvalue weighted by Crippen LogP contribution is -1.98. The molecule has 1 aliphatic rings. The summed E-state index contributed by atoms with van der Waals surface area (Å²) in [6.45, 7) is 3.18. The topological polar surface area (TPSA) is 30.7 Å². The molecule has 5 radical (unpaired) electrons. The second-order valence-corrected chi connectivity index (χ2v) is 3.75. The predicted molar refractivity (Wildman–Crippen MR) is 59.1 cm³/mol. The smallest absolute Gasteiger partial charge is 0.0904 e. The molecule has 0 aromatic carbocycles. The van der Waals surface area contributed by atoms with Crippen molar-refractivity contribution in [2.45, 2.75) is 32.7 Å². The average Bonchev–Trinajstić information content (AvgIpc) is 2.87. The van der Waals surface area contributed by atoms with Crippen molar-refractivity contribution in [3.8, 4) is 0 Å². The number of aryl methyl sites for hydroxylation is 1. The summed E-state index contributed by atoms with van der Waals surface area (Å²) in [6, 6.07) is 0. The fraction of sp³-hybridized carbons (Fsp3) is 0.417. The first-order chi connectivity index (χ1) is 7.40. The van der Waals surface area contributed by atoms with E-state index < -0.39 is 0 Å². The maximum Gasteiger partial charge on any atom is 0.0904 e. The van der Waals surface area contributed by atoms with Crippen LogP contribution in [0, 0.1) is 31.6 Å². The molecule has 0 atom stereocenters. The van der Waals surface area contributed by atoms with Crippen LogP contribution in [0.4, 0.5) is 0 Å². The van der Waals surface area contributed by atoms with E-state index in [9.17, 15) is 0 Å². The van der Waals surface area contributed by atoms with Crippen molar-refractivity contribution < 1.29 is 0 Å². The number of hydrogen-bond donors (Lipinski definition) is 0. The van der Waals surface area contributed by atoms with Gasteiger partial charge in [-0.3, -0.25) is 4.68 Å². The number of rotatable bonds is 5. The fourth-order valence-corrected chi connectivity index (χ4v) is 1.61. The maximum absolute atomic E-state index is 4.15. The summed E-state index contributed by atoms with van der Waals surface area (Å²) in [5.41, 5.74) is 0.969. The van der Waals surface area contributed by atoms with Crippen molar-refractivity contribution in [2.75, 3.05) is 0 Å². The molecule has 0 unspecified atom stereocenters. The Bertz CT molecular complexity index is 287. The van der Waals surface area contributed by atoms with E-state index in [2.05, 4.69) is 30.1 Å². The van der Waals surface area contributed by atoms with E-state index in [1.165, 1.54) is 19.3 Å². The highest BCUT2D eigenvalue weighted by Gasteiger charge is 2.21. The minimum absolute atomic E-state index is 0.969.